The zero-order chi connectivity index (χ0) is 15.3. The average molecular weight is 285 g/mol. The molecule has 2 aliphatic carbocycles. The standard InChI is InChI=1S/C20H31N/c1-14-6-7-16(8-15(14)2)10-20(13-21-19(3,4)5)11-17-9-18(17)12-20/h6-8,17-18,21H,9-13H2,1-5H3. The first-order chi connectivity index (χ1) is 9.76. The minimum absolute atomic E-state index is 0.225. The van der Waals surface area contributed by atoms with Crippen molar-refractivity contribution >= 4 is 0 Å². The van der Waals surface area contributed by atoms with Crippen molar-refractivity contribution in [2.75, 3.05) is 6.54 Å². The van der Waals surface area contributed by atoms with Gasteiger partial charge in [0.2, 0.25) is 0 Å². The van der Waals surface area contributed by atoms with Crippen molar-refractivity contribution in [3.05, 3.63) is 34.9 Å². The van der Waals surface area contributed by atoms with Crippen molar-refractivity contribution in [3.63, 3.8) is 0 Å². The number of benzene rings is 1. The van der Waals surface area contributed by atoms with Gasteiger partial charge in [-0.3, -0.25) is 0 Å². The molecule has 1 aromatic carbocycles. The van der Waals surface area contributed by atoms with E-state index < -0.39 is 0 Å². The molecule has 0 aliphatic heterocycles. The molecule has 1 N–H and O–H groups in total. The van der Waals surface area contributed by atoms with E-state index >= 15 is 0 Å². The SMILES string of the molecule is Cc1ccc(CC2(CNC(C)(C)C)CC3CC3C2)cc1C. The third-order valence-electron chi connectivity index (χ3n) is 5.60. The van der Waals surface area contributed by atoms with Gasteiger partial charge in [0.05, 0.1) is 0 Å². The van der Waals surface area contributed by atoms with Crippen molar-refractivity contribution < 1.29 is 0 Å². The van der Waals surface area contributed by atoms with Crippen LogP contribution in [0.3, 0.4) is 0 Å². The molecule has 1 aromatic rings. The lowest BCUT2D eigenvalue weighted by atomic mass is 9.76. The second kappa shape index (κ2) is 5.12. The van der Waals surface area contributed by atoms with Crippen molar-refractivity contribution in [1.82, 2.24) is 5.32 Å². The van der Waals surface area contributed by atoms with Gasteiger partial charge in [0.15, 0.2) is 0 Å². The van der Waals surface area contributed by atoms with Crippen LogP contribution in [0, 0.1) is 31.1 Å². The highest BCUT2D eigenvalue weighted by Gasteiger charge is 2.53. The third-order valence-corrected chi connectivity index (χ3v) is 5.60. The summed E-state index contributed by atoms with van der Waals surface area (Å²) in [5.74, 6) is 2.08. The maximum atomic E-state index is 3.79. The number of rotatable bonds is 4. The van der Waals surface area contributed by atoms with E-state index in [-0.39, 0.29) is 5.54 Å². The number of fused-ring (bicyclic) bond motifs is 1. The Hall–Kier alpha value is -0.820. The lowest BCUT2D eigenvalue weighted by Crippen LogP contribution is -2.44. The second-order valence-corrected chi connectivity index (χ2v) is 8.86. The zero-order valence-corrected chi connectivity index (χ0v) is 14.4. The van der Waals surface area contributed by atoms with Crippen LogP contribution in [-0.4, -0.2) is 12.1 Å². The minimum Gasteiger partial charge on any atom is -0.312 e. The molecular weight excluding hydrogens is 254 g/mol. The van der Waals surface area contributed by atoms with Gasteiger partial charge in [-0.15, -0.1) is 0 Å². The second-order valence-electron chi connectivity index (χ2n) is 8.86. The molecule has 1 heteroatoms. The molecule has 1 nitrogen and oxygen atoms in total. The van der Waals surface area contributed by atoms with Gasteiger partial charge in [0.1, 0.15) is 0 Å². The molecule has 0 saturated heterocycles. The molecule has 3 rings (SSSR count). The van der Waals surface area contributed by atoms with Crippen LogP contribution in [0.4, 0.5) is 0 Å². The Bertz CT molecular complexity index is 513. The summed E-state index contributed by atoms with van der Waals surface area (Å²) < 4.78 is 0. The van der Waals surface area contributed by atoms with Crippen LogP contribution < -0.4 is 5.32 Å². The smallest absolute Gasteiger partial charge is 0.00967 e. The van der Waals surface area contributed by atoms with Gasteiger partial charge >= 0.3 is 0 Å². The Morgan fingerprint density at radius 2 is 1.76 bits per heavy atom. The highest BCUT2D eigenvalue weighted by atomic mass is 15.0. The topological polar surface area (TPSA) is 12.0 Å². The van der Waals surface area contributed by atoms with Gasteiger partial charge in [-0.1, -0.05) is 18.2 Å². The van der Waals surface area contributed by atoms with E-state index in [1.54, 1.807) is 0 Å². The lowest BCUT2D eigenvalue weighted by Gasteiger charge is -2.35. The predicted molar refractivity (Wildman–Crippen MR) is 90.6 cm³/mol. The number of aryl methyl sites for hydroxylation is 2. The fourth-order valence-corrected chi connectivity index (χ4v) is 4.16. The molecule has 116 valence electrons. The first-order valence-electron chi connectivity index (χ1n) is 8.58. The van der Waals surface area contributed by atoms with Crippen LogP contribution in [0.15, 0.2) is 18.2 Å². The first kappa shape index (κ1) is 15.1. The molecular formula is C20H31N. The van der Waals surface area contributed by atoms with E-state index in [2.05, 4.69) is 58.1 Å². The molecule has 0 aromatic heterocycles. The Morgan fingerprint density at radius 3 is 2.33 bits per heavy atom. The van der Waals surface area contributed by atoms with Gasteiger partial charge in [-0.25, -0.2) is 0 Å². The fraction of sp³-hybridized carbons (Fsp3) is 0.700. The van der Waals surface area contributed by atoms with Gasteiger partial charge in [-0.2, -0.15) is 0 Å². The van der Waals surface area contributed by atoms with Gasteiger partial charge in [0.25, 0.3) is 0 Å². The third kappa shape index (κ3) is 3.51. The normalized spacial score (nSPS) is 31.3. The van der Waals surface area contributed by atoms with E-state index in [0.29, 0.717) is 5.41 Å². The Balaban J connectivity index is 1.74. The molecule has 2 aliphatic rings. The largest absolute Gasteiger partial charge is 0.312 e. The van der Waals surface area contributed by atoms with Crippen LogP contribution in [-0.2, 0) is 6.42 Å². The lowest BCUT2D eigenvalue weighted by molar-refractivity contribution is 0.222. The summed E-state index contributed by atoms with van der Waals surface area (Å²) in [6.07, 6.45) is 5.63. The molecule has 2 unspecified atom stereocenters. The Labute approximate surface area is 130 Å². The van der Waals surface area contributed by atoms with Crippen LogP contribution in [0.5, 0.6) is 0 Å². The van der Waals surface area contributed by atoms with E-state index in [4.69, 9.17) is 0 Å². The zero-order valence-electron chi connectivity index (χ0n) is 14.4. The maximum Gasteiger partial charge on any atom is 0.00967 e. The van der Waals surface area contributed by atoms with Crippen LogP contribution >= 0.6 is 0 Å². The number of hydrogen-bond donors (Lipinski definition) is 1. The van der Waals surface area contributed by atoms with Crippen molar-refractivity contribution in [1.29, 1.82) is 0 Å². The number of hydrogen-bond acceptors (Lipinski definition) is 1. The molecule has 0 spiro atoms. The highest BCUT2D eigenvalue weighted by Crippen LogP contribution is 2.60. The Morgan fingerprint density at radius 1 is 1.10 bits per heavy atom. The van der Waals surface area contributed by atoms with Crippen LogP contribution in [0.1, 0.15) is 56.7 Å². The average Bonchev–Trinajstić information content (AvgIpc) is 2.99. The summed E-state index contributed by atoms with van der Waals surface area (Å²) in [4.78, 5) is 0. The molecule has 2 fully saturated rings. The summed E-state index contributed by atoms with van der Waals surface area (Å²) in [6.45, 7) is 12.5. The summed E-state index contributed by atoms with van der Waals surface area (Å²) in [7, 11) is 0. The van der Waals surface area contributed by atoms with Crippen molar-refractivity contribution in [3.8, 4) is 0 Å². The summed E-state index contributed by atoms with van der Waals surface area (Å²) in [5.41, 5.74) is 5.12. The molecule has 0 radical (unpaired) electrons. The minimum atomic E-state index is 0.225. The molecule has 0 bridgehead atoms. The van der Waals surface area contributed by atoms with Crippen LogP contribution in [0.2, 0.25) is 0 Å². The monoisotopic (exact) mass is 285 g/mol. The summed E-state index contributed by atoms with van der Waals surface area (Å²) in [5, 5.41) is 3.79. The number of nitrogens with one attached hydrogen (secondary N) is 1. The first-order valence-corrected chi connectivity index (χ1v) is 8.58. The molecule has 0 amide bonds. The van der Waals surface area contributed by atoms with E-state index in [1.165, 1.54) is 48.9 Å². The highest BCUT2D eigenvalue weighted by molar-refractivity contribution is 5.31. The maximum absolute atomic E-state index is 3.79. The summed E-state index contributed by atoms with van der Waals surface area (Å²) in [6, 6.07) is 7.06. The quantitative estimate of drug-likeness (QED) is 0.849. The van der Waals surface area contributed by atoms with Gasteiger partial charge in [0, 0.05) is 12.1 Å². The van der Waals surface area contributed by atoms with E-state index in [9.17, 15) is 0 Å². The van der Waals surface area contributed by atoms with Crippen molar-refractivity contribution in [2.45, 2.75) is 65.8 Å². The molecule has 21 heavy (non-hydrogen) atoms. The molecule has 0 heterocycles. The Kier molecular flexibility index (Phi) is 3.68. The van der Waals surface area contributed by atoms with Gasteiger partial charge in [-0.05, 0) is 94.2 Å². The molecule has 2 atom stereocenters. The summed E-state index contributed by atoms with van der Waals surface area (Å²) >= 11 is 0. The fourth-order valence-electron chi connectivity index (χ4n) is 4.16. The van der Waals surface area contributed by atoms with Crippen molar-refractivity contribution in [2.24, 2.45) is 17.3 Å². The van der Waals surface area contributed by atoms with Gasteiger partial charge < -0.3 is 5.32 Å². The predicted octanol–water partition coefficient (Wildman–Crippen LogP) is 4.65. The van der Waals surface area contributed by atoms with Crippen LogP contribution in [0.25, 0.3) is 0 Å². The van der Waals surface area contributed by atoms with E-state index in [1.807, 2.05) is 0 Å². The van der Waals surface area contributed by atoms with E-state index in [0.717, 1.165) is 11.8 Å². The molecule has 2 saturated carbocycles.